The second-order valence-corrected chi connectivity index (χ2v) is 5.18. The van der Waals surface area contributed by atoms with Gasteiger partial charge in [0.25, 0.3) is 0 Å². The van der Waals surface area contributed by atoms with E-state index in [1.54, 1.807) is 12.1 Å². The van der Waals surface area contributed by atoms with Crippen LogP contribution in [0.4, 0.5) is 11.9 Å². The van der Waals surface area contributed by atoms with E-state index in [2.05, 4.69) is 25.2 Å². The molecule has 0 amide bonds. The molecule has 1 aliphatic rings. The molecular formula is C12H16ClN7. The molecule has 3 rings (SSSR count). The number of nitrogens with zero attached hydrogens (tertiary/aromatic N) is 6. The lowest BCUT2D eigenvalue weighted by Crippen LogP contribution is -2.25. The maximum atomic E-state index is 5.92. The lowest BCUT2D eigenvalue weighted by atomic mass is 10.2. The Balaban J connectivity index is 1.88. The first-order valence-electron chi connectivity index (χ1n) is 6.71. The summed E-state index contributed by atoms with van der Waals surface area (Å²) in [5.41, 5.74) is 5.92. The molecule has 0 saturated carbocycles. The summed E-state index contributed by atoms with van der Waals surface area (Å²) in [6, 6.07) is 3.36. The number of hydrogen-bond donors (Lipinski definition) is 1. The standard InChI is InChI=1S/C12H16ClN7/c13-9-5-6-10(17-16-9)20-11(14)15-12(18-20)19-7-3-1-2-4-8-19/h5-6H,1-4,7-8H2,(H2,14,15,18). The van der Waals surface area contributed by atoms with Gasteiger partial charge in [-0.3, -0.25) is 0 Å². The Bertz CT molecular complexity index is 572. The molecule has 106 valence electrons. The second kappa shape index (κ2) is 5.62. The molecule has 3 heterocycles. The summed E-state index contributed by atoms with van der Waals surface area (Å²) in [4.78, 5) is 6.50. The smallest absolute Gasteiger partial charge is 0.247 e. The zero-order valence-electron chi connectivity index (χ0n) is 11.0. The highest BCUT2D eigenvalue weighted by Gasteiger charge is 2.17. The largest absolute Gasteiger partial charge is 0.368 e. The summed E-state index contributed by atoms with van der Waals surface area (Å²) >= 11 is 5.73. The van der Waals surface area contributed by atoms with E-state index in [-0.39, 0.29) is 0 Å². The monoisotopic (exact) mass is 293 g/mol. The highest BCUT2D eigenvalue weighted by Crippen LogP contribution is 2.19. The van der Waals surface area contributed by atoms with E-state index in [4.69, 9.17) is 17.3 Å². The van der Waals surface area contributed by atoms with Gasteiger partial charge in [0.2, 0.25) is 11.9 Å². The van der Waals surface area contributed by atoms with E-state index in [1.165, 1.54) is 17.5 Å². The minimum Gasteiger partial charge on any atom is -0.368 e. The van der Waals surface area contributed by atoms with Gasteiger partial charge in [-0.2, -0.15) is 9.67 Å². The van der Waals surface area contributed by atoms with Crippen LogP contribution in [0.25, 0.3) is 5.82 Å². The van der Waals surface area contributed by atoms with Crippen molar-refractivity contribution in [1.82, 2.24) is 25.0 Å². The van der Waals surface area contributed by atoms with Crippen LogP contribution in [0.5, 0.6) is 0 Å². The third-order valence-corrected chi connectivity index (χ3v) is 3.55. The Labute approximate surface area is 121 Å². The summed E-state index contributed by atoms with van der Waals surface area (Å²) in [5.74, 6) is 1.47. The van der Waals surface area contributed by atoms with Gasteiger partial charge in [0.1, 0.15) is 0 Å². The molecular weight excluding hydrogens is 278 g/mol. The summed E-state index contributed by atoms with van der Waals surface area (Å²) in [5, 5.41) is 12.5. The Kier molecular flexibility index (Phi) is 3.68. The van der Waals surface area contributed by atoms with Gasteiger partial charge in [-0.1, -0.05) is 24.4 Å². The predicted molar refractivity (Wildman–Crippen MR) is 77.1 cm³/mol. The molecule has 0 atom stereocenters. The fourth-order valence-electron chi connectivity index (χ4n) is 2.31. The van der Waals surface area contributed by atoms with Crippen LogP contribution in [-0.2, 0) is 0 Å². The molecule has 20 heavy (non-hydrogen) atoms. The van der Waals surface area contributed by atoms with Crippen molar-refractivity contribution in [3.05, 3.63) is 17.3 Å². The number of rotatable bonds is 2. The second-order valence-electron chi connectivity index (χ2n) is 4.80. The number of nitrogen functional groups attached to an aromatic ring is 1. The molecule has 2 aromatic rings. The number of nitrogens with two attached hydrogens (primary N) is 1. The highest BCUT2D eigenvalue weighted by atomic mass is 35.5. The lowest BCUT2D eigenvalue weighted by Gasteiger charge is -2.17. The zero-order valence-corrected chi connectivity index (χ0v) is 11.8. The summed E-state index contributed by atoms with van der Waals surface area (Å²) in [7, 11) is 0. The third kappa shape index (κ3) is 2.67. The van der Waals surface area contributed by atoms with E-state index in [1.807, 2.05) is 0 Å². The van der Waals surface area contributed by atoms with E-state index >= 15 is 0 Å². The average Bonchev–Trinajstić information content (AvgIpc) is 2.66. The topological polar surface area (TPSA) is 85.8 Å². The van der Waals surface area contributed by atoms with Crippen molar-refractivity contribution in [3.8, 4) is 5.82 Å². The Morgan fingerprint density at radius 1 is 1.05 bits per heavy atom. The summed E-state index contributed by atoms with van der Waals surface area (Å²) < 4.78 is 1.49. The average molecular weight is 294 g/mol. The molecule has 0 aromatic carbocycles. The van der Waals surface area contributed by atoms with Gasteiger partial charge in [-0.15, -0.1) is 15.3 Å². The van der Waals surface area contributed by atoms with E-state index < -0.39 is 0 Å². The molecule has 2 aromatic heterocycles. The van der Waals surface area contributed by atoms with Crippen LogP contribution in [-0.4, -0.2) is 38.1 Å². The fraction of sp³-hybridized carbons (Fsp3) is 0.500. The van der Waals surface area contributed by atoms with Crippen LogP contribution >= 0.6 is 11.6 Å². The minimum atomic E-state index is 0.306. The Hall–Kier alpha value is -1.89. The quantitative estimate of drug-likeness (QED) is 0.906. The van der Waals surface area contributed by atoms with Crippen molar-refractivity contribution in [2.45, 2.75) is 25.7 Å². The third-order valence-electron chi connectivity index (χ3n) is 3.34. The van der Waals surface area contributed by atoms with Crippen LogP contribution in [0.2, 0.25) is 5.15 Å². The Morgan fingerprint density at radius 2 is 1.80 bits per heavy atom. The van der Waals surface area contributed by atoms with Gasteiger partial charge in [-0.25, -0.2) is 0 Å². The van der Waals surface area contributed by atoms with Crippen LogP contribution in [0.1, 0.15) is 25.7 Å². The van der Waals surface area contributed by atoms with Gasteiger partial charge in [0, 0.05) is 13.1 Å². The zero-order chi connectivity index (χ0) is 13.9. The maximum Gasteiger partial charge on any atom is 0.247 e. The van der Waals surface area contributed by atoms with Crippen molar-refractivity contribution in [2.24, 2.45) is 0 Å². The van der Waals surface area contributed by atoms with Crippen LogP contribution in [0, 0.1) is 0 Å². The van der Waals surface area contributed by atoms with E-state index in [0.29, 0.717) is 22.9 Å². The van der Waals surface area contributed by atoms with E-state index in [0.717, 1.165) is 25.9 Å². The number of halogens is 1. The summed E-state index contributed by atoms with van der Waals surface area (Å²) in [6.07, 6.45) is 4.84. The first-order chi connectivity index (χ1) is 9.74. The minimum absolute atomic E-state index is 0.306. The number of aromatic nitrogens is 5. The summed E-state index contributed by atoms with van der Waals surface area (Å²) in [6.45, 7) is 1.94. The Morgan fingerprint density at radius 3 is 2.45 bits per heavy atom. The molecule has 0 bridgehead atoms. The number of anilines is 2. The van der Waals surface area contributed by atoms with Crippen LogP contribution in [0.3, 0.4) is 0 Å². The van der Waals surface area contributed by atoms with Gasteiger partial charge in [0.05, 0.1) is 0 Å². The molecule has 0 unspecified atom stereocenters. The molecule has 0 radical (unpaired) electrons. The predicted octanol–water partition coefficient (Wildman–Crippen LogP) is 1.67. The van der Waals surface area contributed by atoms with Crippen molar-refractivity contribution in [2.75, 3.05) is 23.7 Å². The molecule has 0 aliphatic carbocycles. The first kappa shape index (κ1) is 13.1. The van der Waals surface area contributed by atoms with E-state index in [9.17, 15) is 0 Å². The van der Waals surface area contributed by atoms with Gasteiger partial charge in [0.15, 0.2) is 11.0 Å². The van der Waals surface area contributed by atoms with Crippen molar-refractivity contribution in [1.29, 1.82) is 0 Å². The maximum absolute atomic E-state index is 5.92. The van der Waals surface area contributed by atoms with Crippen molar-refractivity contribution < 1.29 is 0 Å². The van der Waals surface area contributed by atoms with Crippen molar-refractivity contribution in [3.63, 3.8) is 0 Å². The van der Waals surface area contributed by atoms with Gasteiger partial charge in [-0.05, 0) is 25.0 Å². The SMILES string of the molecule is Nc1nc(N2CCCCCC2)nn1-c1ccc(Cl)nn1. The molecule has 1 saturated heterocycles. The van der Waals surface area contributed by atoms with Crippen LogP contribution < -0.4 is 10.6 Å². The molecule has 0 spiro atoms. The first-order valence-corrected chi connectivity index (χ1v) is 7.09. The molecule has 8 heteroatoms. The lowest BCUT2D eigenvalue weighted by molar-refractivity contribution is 0.726. The van der Waals surface area contributed by atoms with Crippen LogP contribution in [0.15, 0.2) is 12.1 Å². The highest BCUT2D eigenvalue weighted by molar-refractivity contribution is 6.29. The molecule has 1 aliphatic heterocycles. The fourth-order valence-corrected chi connectivity index (χ4v) is 2.41. The van der Waals surface area contributed by atoms with Gasteiger partial charge >= 0.3 is 0 Å². The normalized spacial score (nSPS) is 16.1. The molecule has 1 fully saturated rings. The molecule has 7 nitrogen and oxygen atoms in total. The molecule has 2 N–H and O–H groups in total. The van der Waals surface area contributed by atoms with Crippen molar-refractivity contribution >= 4 is 23.5 Å². The van der Waals surface area contributed by atoms with Gasteiger partial charge < -0.3 is 10.6 Å². The number of hydrogen-bond acceptors (Lipinski definition) is 6.